The molecule has 0 aliphatic heterocycles. The van der Waals surface area contributed by atoms with Crippen LogP contribution < -0.4 is 0 Å². The van der Waals surface area contributed by atoms with Gasteiger partial charge in [-0.1, -0.05) is 26.7 Å². The van der Waals surface area contributed by atoms with Crippen LogP contribution in [0.25, 0.3) is 0 Å². The fourth-order valence-corrected chi connectivity index (χ4v) is 0.625. The lowest BCUT2D eigenvalue weighted by atomic mass is 10.3. The second kappa shape index (κ2) is 7.98. The van der Waals surface area contributed by atoms with E-state index in [1.165, 1.54) is 0 Å². The lowest BCUT2D eigenvalue weighted by Crippen LogP contribution is -2.12. The quantitative estimate of drug-likeness (QED) is 0.269. The zero-order chi connectivity index (χ0) is 8.53. The van der Waals surface area contributed by atoms with Crippen LogP contribution in [0.1, 0.15) is 39.5 Å². The van der Waals surface area contributed by atoms with Gasteiger partial charge in [0.15, 0.2) is 6.29 Å². The maximum Gasteiger partial charge on any atom is 0.188 e. The van der Waals surface area contributed by atoms with Crippen molar-refractivity contribution in [3.8, 4) is 0 Å². The lowest BCUT2D eigenvalue weighted by Gasteiger charge is -2.08. The normalized spacial score (nSPS) is 13.4. The molecule has 0 aromatic heterocycles. The average molecular weight is 162 g/mol. The zero-order valence-electron chi connectivity index (χ0n) is 7.38. The molecule has 0 saturated heterocycles. The molecule has 1 unspecified atom stereocenters. The van der Waals surface area contributed by atoms with Crippen molar-refractivity contribution in [1.29, 1.82) is 0 Å². The molecule has 0 heterocycles. The van der Waals surface area contributed by atoms with Gasteiger partial charge in [0.2, 0.25) is 0 Å². The highest BCUT2D eigenvalue weighted by molar-refractivity contribution is 4.34. The Morgan fingerprint density at radius 1 is 1.27 bits per heavy atom. The highest BCUT2D eigenvalue weighted by atomic mass is 17.2. The minimum Gasteiger partial charge on any atom is -0.366 e. The first kappa shape index (κ1) is 10.9. The molecule has 0 rings (SSSR count). The van der Waals surface area contributed by atoms with Crippen molar-refractivity contribution in [2.75, 3.05) is 6.61 Å². The third-order valence-electron chi connectivity index (χ3n) is 1.30. The first-order chi connectivity index (χ1) is 5.31. The second-order valence-electron chi connectivity index (χ2n) is 2.52. The van der Waals surface area contributed by atoms with Crippen molar-refractivity contribution in [2.45, 2.75) is 45.8 Å². The van der Waals surface area contributed by atoms with Crippen molar-refractivity contribution < 1.29 is 14.9 Å². The first-order valence-electron chi connectivity index (χ1n) is 4.27. The van der Waals surface area contributed by atoms with Gasteiger partial charge in [0, 0.05) is 6.42 Å². The smallest absolute Gasteiger partial charge is 0.188 e. The molecule has 0 aliphatic carbocycles. The lowest BCUT2D eigenvalue weighted by molar-refractivity contribution is -0.370. The fourth-order valence-electron chi connectivity index (χ4n) is 0.625. The number of unbranched alkanes of at least 4 members (excludes halogenated alkanes) is 1. The van der Waals surface area contributed by atoms with Crippen LogP contribution in [0.4, 0.5) is 0 Å². The molecule has 0 bridgehead atoms. The van der Waals surface area contributed by atoms with E-state index in [2.05, 4.69) is 11.8 Å². The van der Waals surface area contributed by atoms with Crippen LogP contribution in [0.3, 0.4) is 0 Å². The summed E-state index contributed by atoms with van der Waals surface area (Å²) in [5.41, 5.74) is 0. The SMILES string of the molecule is CCCCOOC(O)CCC. The molecule has 11 heavy (non-hydrogen) atoms. The molecule has 1 N–H and O–H groups in total. The van der Waals surface area contributed by atoms with Gasteiger partial charge in [0.25, 0.3) is 0 Å². The molecule has 0 fully saturated rings. The van der Waals surface area contributed by atoms with Gasteiger partial charge < -0.3 is 5.11 Å². The third kappa shape index (κ3) is 7.78. The Bertz CT molecular complexity index is 75.7. The Hall–Kier alpha value is -0.120. The number of aliphatic hydroxyl groups excluding tert-OH is 1. The number of hydrogen-bond donors (Lipinski definition) is 1. The summed E-state index contributed by atoms with van der Waals surface area (Å²) in [5.74, 6) is 0. The van der Waals surface area contributed by atoms with E-state index < -0.39 is 6.29 Å². The summed E-state index contributed by atoms with van der Waals surface area (Å²) in [5, 5.41) is 9.00. The van der Waals surface area contributed by atoms with E-state index in [0.29, 0.717) is 13.0 Å². The first-order valence-corrected chi connectivity index (χ1v) is 4.27. The topological polar surface area (TPSA) is 38.7 Å². The van der Waals surface area contributed by atoms with Gasteiger partial charge in [-0.05, 0) is 6.42 Å². The standard InChI is InChI=1S/C8H18O3/c1-3-5-7-10-11-8(9)6-4-2/h8-9H,3-7H2,1-2H3. The number of rotatable bonds is 7. The molecule has 0 spiro atoms. The fraction of sp³-hybridized carbons (Fsp3) is 1.00. The van der Waals surface area contributed by atoms with Crippen molar-refractivity contribution in [3.63, 3.8) is 0 Å². The molecule has 3 nitrogen and oxygen atoms in total. The van der Waals surface area contributed by atoms with Gasteiger partial charge in [-0.25, -0.2) is 9.78 Å². The van der Waals surface area contributed by atoms with Crippen molar-refractivity contribution in [3.05, 3.63) is 0 Å². The minimum absolute atomic E-state index is 0.567. The van der Waals surface area contributed by atoms with E-state index in [0.717, 1.165) is 19.3 Å². The Kier molecular flexibility index (Phi) is 7.89. The van der Waals surface area contributed by atoms with Gasteiger partial charge in [0.1, 0.15) is 0 Å². The molecule has 0 aliphatic rings. The summed E-state index contributed by atoms with van der Waals surface area (Å²) in [6.45, 7) is 4.63. The second-order valence-corrected chi connectivity index (χ2v) is 2.52. The number of hydrogen-bond acceptors (Lipinski definition) is 3. The average Bonchev–Trinajstić information content (AvgIpc) is 1.99. The molecule has 0 radical (unpaired) electrons. The van der Waals surface area contributed by atoms with Gasteiger partial charge in [-0.3, -0.25) is 0 Å². The molecular weight excluding hydrogens is 144 g/mol. The largest absolute Gasteiger partial charge is 0.366 e. The van der Waals surface area contributed by atoms with Crippen LogP contribution >= 0.6 is 0 Å². The van der Waals surface area contributed by atoms with E-state index in [9.17, 15) is 0 Å². The summed E-state index contributed by atoms with van der Waals surface area (Å²) in [6, 6.07) is 0. The Morgan fingerprint density at radius 2 is 2.00 bits per heavy atom. The van der Waals surface area contributed by atoms with E-state index in [-0.39, 0.29) is 0 Å². The summed E-state index contributed by atoms with van der Waals surface area (Å²) in [4.78, 5) is 9.38. The molecule has 0 amide bonds. The van der Waals surface area contributed by atoms with E-state index >= 15 is 0 Å². The van der Waals surface area contributed by atoms with E-state index in [1.807, 2.05) is 6.92 Å². The van der Waals surface area contributed by atoms with Crippen LogP contribution in [-0.4, -0.2) is 18.0 Å². The highest BCUT2D eigenvalue weighted by Gasteiger charge is 2.01. The van der Waals surface area contributed by atoms with E-state index in [1.54, 1.807) is 0 Å². The maximum absolute atomic E-state index is 9.00. The molecule has 68 valence electrons. The summed E-state index contributed by atoms with van der Waals surface area (Å²) in [7, 11) is 0. The zero-order valence-corrected chi connectivity index (χ0v) is 7.38. The van der Waals surface area contributed by atoms with Crippen molar-refractivity contribution >= 4 is 0 Å². The maximum atomic E-state index is 9.00. The molecular formula is C8H18O3. The van der Waals surface area contributed by atoms with Crippen LogP contribution in [0.5, 0.6) is 0 Å². The van der Waals surface area contributed by atoms with Crippen molar-refractivity contribution in [1.82, 2.24) is 0 Å². The number of aliphatic hydroxyl groups is 1. The molecule has 0 saturated carbocycles. The van der Waals surface area contributed by atoms with Crippen LogP contribution in [0.15, 0.2) is 0 Å². The molecule has 1 atom stereocenters. The predicted octanol–water partition coefficient (Wildman–Crippen LogP) is 1.85. The summed E-state index contributed by atoms with van der Waals surface area (Å²) < 4.78 is 0. The summed E-state index contributed by atoms with van der Waals surface area (Å²) in [6.07, 6.45) is 2.83. The summed E-state index contributed by atoms with van der Waals surface area (Å²) >= 11 is 0. The third-order valence-corrected chi connectivity index (χ3v) is 1.30. The highest BCUT2D eigenvalue weighted by Crippen LogP contribution is 1.99. The monoisotopic (exact) mass is 162 g/mol. The Morgan fingerprint density at radius 3 is 2.55 bits per heavy atom. The Balaban J connectivity index is 2.97. The molecule has 0 aromatic carbocycles. The van der Waals surface area contributed by atoms with Crippen LogP contribution in [0.2, 0.25) is 0 Å². The van der Waals surface area contributed by atoms with Gasteiger partial charge in [-0.2, -0.15) is 0 Å². The molecule has 3 heteroatoms. The minimum atomic E-state index is -0.753. The van der Waals surface area contributed by atoms with Gasteiger partial charge in [-0.15, -0.1) is 0 Å². The Labute approximate surface area is 68.2 Å². The van der Waals surface area contributed by atoms with Gasteiger partial charge in [0.05, 0.1) is 6.61 Å². The van der Waals surface area contributed by atoms with E-state index in [4.69, 9.17) is 9.99 Å². The van der Waals surface area contributed by atoms with Crippen LogP contribution in [0, 0.1) is 0 Å². The molecule has 0 aromatic rings. The van der Waals surface area contributed by atoms with Crippen LogP contribution in [-0.2, 0) is 9.78 Å². The van der Waals surface area contributed by atoms with Gasteiger partial charge >= 0.3 is 0 Å². The predicted molar refractivity (Wildman–Crippen MR) is 42.9 cm³/mol. The van der Waals surface area contributed by atoms with Crippen molar-refractivity contribution in [2.24, 2.45) is 0 Å².